The second kappa shape index (κ2) is 9.43. The molecule has 0 spiro atoms. The van der Waals surface area contributed by atoms with E-state index in [1.165, 1.54) is 4.31 Å². The van der Waals surface area contributed by atoms with Gasteiger partial charge in [-0.3, -0.25) is 18.8 Å². The van der Waals surface area contributed by atoms with Crippen molar-refractivity contribution >= 4 is 38.3 Å². The lowest BCUT2D eigenvalue weighted by Gasteiger charge is -2.35. The van der Waals surface area contributed by atoms with Crippen molar-refractivity contribution in [2.24, 2.45) is 0 Å². The quantitative estimate of drug-likeness (QED) is 0.581. The summed E-state index contributed by atoms with van der Waals surface area (Å²) in [5.41, 5.74) is 0.551. The lowest BCUT2D eigenvalue weighted by molar-refractivity contribution is -0.131. The summed E-state index contributed by atoms with van der Waals surface area (Å²) in [7, 11) is -2.13. The van der Waals surface area contributed by atoms with Crippen LogP contribution in [0.25, 0.3) is 10.8 Å². The highest BCUT2D eigenvalue weighted by Crippen LogP contribution is 2.41. The Morgan fingerprint density at radius 1 is 1.03 bits per heavy atom. The Labute approximate surface area is 188 Å². The van der Waals surface area contributed by atoms with Crippen LogP contribution in [-0.4, -0.2) is 89.6 Å². The van der Waals surface area contributed by atoms with Gasteiger partial charge in [0.05, 0.1) is 17.1 Å². The fraction of sp³-hybridized carbons (Fsp3) is 0.455. The van der Waals surface area contributed by atoms with E-state index >= 15 is 0 Å². The third-order valence-electron chi connectivity index (χ3n) is 5.90. The smallest absolute Gasteiger partial charge is 0.265 e. The van der Waals surface area contributed by atoms with Crippen LogP contribution in [0.3, 0.4) is 0 Å². The number of sulfonamides is 1. The predicted octanol–water partition coefficient (Wildman–Crippen LogP) is 0.645. The van der Waals surface area contributed by atoms with Gasteiger partial charge in [-0.1, -0.05) is 24.3 Å². The molecule has 172 valence electrons. The standard InChI is InChI=1S/C22H28N4O5S/c1-31-14-4-9-23-20(27)15-24-10-12-25(13-11-24)21(28)16-26-18-7-2-5-17-6-3-8-19(22(17)18)32(26,29)30/h2-3,5-8H,4,9-16H2,1H3,(H,23,27). The molecule has 2 amide bonds. The third kappa shape index (κ3) is 4.43. The van der Waals surface area contributed by atoms with Crippen LogP contribution in [0.15, 0.2) is 41.3 Å². The number of methoxy groups -OCH3 is 1. The molecule has 0 radical (unpaired) electrons. The van der Waals surface area contributed by atoms with Crippen molar-refractivity contribution in [1.82, 2.24) is 15.1 Å². The van der Waals surface area contributed by atoms with Crippen molar-refractivity contribution in [2.45, 2.75) is 11.3 Å². The van der Waals surface area contributed by atoms with E-state index < -0.39 is 10.0 Å². The molecule has 0 aromatic heterocycles. The summed E-state index contributed by atoms with van der Waals surface area (Å²) in [6, 6.07) is 10.6. The van der Waals surface area contributed by atoms with Crippen LogP contribution in [-0.2, 0) is 24.3 Å². The first kappa shape index (κ1) is 22.5. The van der Waals surface area contributed by atoms with Crippen LogP contribution in [0.5, 0.6) is 0 Å². The second-order valence-electron chi connectivity index (χ2n) is 8.00. The lowest BCUT2D eigenvalue weighted by Crippen LogP contribution is -2.53. The lowest BCUT2D eigenvalue weighted by atomic mass is 10.1. The Bertz CT molecular complexity index is 1110. The van der Waals surface area contributed by atoms with Gasteiger partial charge in [0.2, 0.25) is 11.8 Å². The highest BCUT2D eigenvalue weighted by Gasteiger charge is 2.37. The number of hydrogen-bond acceptors (Lipinski definition) is 6. The highest BCUT2D eigenvalue weighted by atomic mass is 32.2. The van der Waals surface area contributed by atoms with Gasteiger partial charge in [0.1, 0.15) is 6.54 Å². The highest BCUT2D eigenvalue weighted by molar-refractivity contribution is 7.93. The largest absolute Gasteiger partial charge is 0.385 e. The number of piperazine rings is 1. The molecule has 2 aliphatic rings. The summed E-state index contributed by atoms with van der Waals surface area (Å²) in [6.45, 7) is 3.29. The average molecular weight is 461 g/mol. The SMILES string of the molecule is COCCCNC(=O)CN1CCN(C(=O)CN2c3cccc4cccc(c34)S2(=O)=O)CC1. The maximum absolute atomic E-state index is 13.1. The Hall–Kier alpha value is -2.69. The number of anilines is 1. The van der Waals surface area contributed by atoms with Crippen LogP contribution in [0.2, 0.25) is 0 Å². The van der Waals surface area contributed by atoms with E-state index in [1.807, 2.05) is 17.0 Å². The average Bonchev–Trinajstić information content (AvgIpc) is 3.00. The van der Waals surface area contributed by atoms with Gasteiger partial charge in [0.15, 0.2) is 0 Å². The molecule has 0 unspecified atom stereocenters. The fourth-order valence-corrected chi connectivity index (χ4v) is 5.87. The molecular formula is C22H28N4O5S. The number of carbonyl (C=O) groups is 2. The predicted molar refractivity (Wildman–Crippen MR) is 121 cm³/mol. The van der Waals surface area contributed by atoms with E-state index in [-0.39, 0.29) is 29.8 Å². The second-order valence-corrected chi connectivity index (χ2v) is 9.83. The molecule has 0 aliphatic carbocycles. The van der Waals surface area contributed by atoms with Gasteiger partial charge in [-0.05, 0) is 23.9 Å². The Morgan fingerprint density at radius 2 is 1.75 bits per heavy atom. The third-order valence-corrected chi connectivity index (χ3v) is 7.70. The Balaban J connectivity index is 1.33. The molecule has 9 nitrogen and oxygen atoms in total. The topological polar surface area (TPSA) is 99.3 Å². The molecule has 2 heterocycles. The molecule has 0 bridgehead atoms. The fourth-order valence-electron chi connectivity index (χ4n) is 4.21. The zero-order valence-electron chi connectivity index (χ0n) is 18.1. The summed E-state index contributed by atoms with van der Waals surface area (Å²) in [5.74, 6) is -0.281. The summed E-state index contributed by atoms with van der Waals surface area (Å²) >= 11 is 0. The normalized spacial score (nSPS) is 17.7. The van der Waals surface area contributed by atoms with E-state index in [9.17, 15) is 18.0 Å². The van der Waals surface area contributed by atoms with Crippen molar-refractivity contribution in [3.05, 3.63) is 36.4 Å². The minimum absolute atomic E-state index is 0.0464. The molecule has 0 saturated carbocycles. The first-order chi connectivity index (χ1) is 15.4. The number of benzene rings is 2. The first-order valence-electron chi connectivity index (χ1n) is 10.7. The van der Waals surface area contributed by atoms with Crippen LogP contribution >= 0.6 is 0 Å². The summed E-state index contributed by atoms with van der Waals surface area (Å²) < 4.78 is 32.3. The number of nitrogens with zero attached hydrogens (tertiary/aromatic N) is 3. The van der Waals surface area contributed by atoms with E-state index in [2.05, 4.69) is 5.32 Å². The molecule has 0 atom stereocenters. The van der Waals surface area contributed by atoms with Gasteiger partial charge in [0, 0.05) is 51.8 Å². The van der Waals surface area contributed by atoms with E-state index in [0.717, 1.165) is 11.8 Å². The number of amides is 2. The van der Waals surface area contributed by atoms with E-state index in [0.29, 0.717) is 50.4 Å². The van der Waals surface area contributed by atoms with Gasteiger partial charge < -0.3 is 15.0 Å². The minimum atomic E-state index is -3.76. The minimum Gasteiger partial charge on any atom is -0.385 e. The van der Waals surface area contributed by atoms with Crippen molar-refractivity contribution in [3.63, 3.8) is 0 Å². The van der Waals surface area contributed by atoms with Crippen LogP contribution < -0.4 is 9.62 Å². The number of carbonyl (C=O) groups excluding carboxylic acids is 2. The van der Waals surface area contributed by atoms with Gasteiger partial charge in [-0.25, -0.2) is 8.42 Å². The van der Waals surface area contributed by atoms with Gasteiger partial charge >= 0.3 is 0 Å². The molecule has 2 aromatic rings. The summed E-state index contributed by atoms with van der Waals surface area (Å²) in [6.07, 6.45) is 0.765. The van der Waals surface area contributed by atoms with Gasteiger partial charge in [-0.15, -0.1) is 0 Å². The van der Waals surface area contributed by atoms with Crippen molar-refractivity contribution in [3.8, 4) is 0 Å². The molecule has 32 heavy (non-hydrogen) atoms. The zero-order valence-corrected chi connectivity index (χ0v) is 18.9. The van der Waals surface area contributed by atoms with Gasteiger partial charge in [-0.2, -0.15) is 0 Å². The van der Waals surface area contributed by atoms with Crippen molar-refractivity contribution < 1.29 is 22.7 Å². The Morgan fingerprint density at radius 3 is 2.47 bits per heavy atom. The summed E-state index contributed by atoms with van der Waals surface area (Å²) in [4.78, 5) is 28.9. The van der Waals surface area contributed by atoms with Gasteiger partial charge in [0.25, 0.3) is 10.0 Å². The molecule has 1 N–H and O–H groups in total. The van der Waals surface area contributed by atoms with Crippen molar-refractivity contribution in [2.75, 3.05) is 63.8 Å². The van der Waals surface area contributed by atoms with Crippen LogP contribution in [0, 0.1) is 0 Å². The molecular weight excluding hydrogens is 432 g/mol. The molecule has 10 heteroatoms. The zero-order chi connectivity index (χ0) is 22.7. The number of hydrogen-bond donors (Lipinski definition) is 1. The monoisotopic (exact) mass is 460 g/mol. The maximum Gasteiger partial charge on any atom is 0.265 e. The number of ether oxygens (including phenoxy) is 1. The van der Waals surface area contributed by atoms with Crippen molar-refractivity contribution in [1.29, 1.82) is 0 Å². The molecule has 4 rings (SSSR count). The Kier molecular flexibility index (Phi) is 6.63. The van der Waals surface area contributed by atoms with E-state index in [4.69, 9.17) is 4.74 Å². The maximum atomic E-state index is 13.1. The molecule has 2 aromatic carbocycles. The molecule has 2 aliphatic heterocycles. The summed E-state index contributed by atoms with van der Waals surface area (Å²) in [5, 5.41) is 4.37. The number of nitrogens with one attached hydrogen (secondary N) is 1. The molecule has 1 fully saturated rings. The van der Waals surface area contributed by atoms with Crippen LogP contribution in [0.1, 0.15) is 6.42 Å². The number of rotatable bonds is 8. The first-order valence-corrected chi connectivity index (χ1v) is 12.2. The van der Waals surface area contributed by atoms with Crippen LogP contribution in [0.4, 0.5) is 5.69 Å². The molecule has 1 saturated heterocycles. The van der Waals surface area contributed by atoms with E-state index in [1.54, 1.807) is 36.3 Å².